The van der Waals surface area contributed by atoms with Crippen molar-refractivity contribution in [3.8, 4) is 5.75 Å². The van der Waals surface area contributed by atoms with Crippen molar-refractivity contribution in [3.63, 3.8) is 0 Å². The topological polar surface area (TPSA) is 62.7 Å². The van der Waals surface area contributed by atoms with Gasteiger partial charge in [-0.2, -0.15) is 5.10 Å². The number of nitrogens with one attached hydrogen (secondary N) is 2. The second-order valence-corrected chi connectivity index (χ2v) is 8.51. The van der Waals surface area contributed by atoms with E-state index in [1.165, 1.54) is 0 Å². The van der Waals surface area contributed by atoms with Crippen molar-refractivity contribution in [3.05, 3.63) is 91.3 Å². The number of amides is 2. The lowest BCUT2D eigenvalue weighted by atomic mass is 10.2. The van der Waals surface area contributed by atoms with Gasteiger partial charge in [0.1, 0.15) is 12.4 Å². The van der Waals surface area contributed by atoms with Gasteiger partial charge in [0.25, 0.3) is 0 Å². The smallest absolute Gasteiger partial charge is 0.339 e. The van der Waals surface area contributed by atoms with Gasteiger partial charge in [0.05, 0.1) is 15.2 Å². The van der Waals surface area contributed by atoms with Crippen LogP contribution >= 0.6 is 43.5 Å². The summed E-state index contributed by atoms with van der Waals surface area (Å²) in [6.45, 7) is 2.33. The molecule has 0 aromatic heterocycles. The molecule has 2 N–H and O–H groups in total. The lowest BCUT2D eigenvalue weighted by molar-refractivity contribution is 0.252. The van der Waals surface area contributed by atoms with Crippen LogP contribution in [0.3, 0.4) is 0 Å². The molecule has 0 radical (unpaired) electrons. The highest BCUT2D eigenvalue weighted by Crippen LogP contribution is 2.35. The van der Waals surface area contributed by atoms with Crippen LogP contribution in [0.5, 0.6) is 5.75 Å². The predicted octanol–water partition coefficient (Wildman–Crippen LogP) is 6.91. The zero-order valence-electron chi connectivity index (χ0n) is 16.0. The van der Waals surface area contributed by atoms with Crippen molar-refractivity contribution < 1.29 is 9.53 Å². The zero-order chi connectivity index (χ0) is 21.5. The second-order valence-electron chi connectivity index (χ2n) is 6.37. The van der Waals surface area contributed by atoms with Gasteiger partial charge in [0.15, 0.2) is 0 Å². The minimum atomic E-state index is -0.415. The monoisotopic (exact) mass is 549 g/mol. The van der Waals surface area contributed by atoms with Crippen LogP contribution in [0.25, 0.3) is 0 Å². The van der Waals surface area contributed by atoms with Gasteiger partial charge in [0, 0.05) is 10.7 Å². The van der Waals surface area contributed by atoms with Crippen LogP contribution in [-0.2, 0) is 6.61 Å². The average Bonchev–Trinajstić information content (AvgIpc) is 2.70. The number of rotatable bonds is 6. The van der Waals surface area contributed by atoms with Gasteiger partial charge < -0.3 is 10.1 Å². The zero-order valence-corrected chi connectivity index (χ0v) is 19.9. The number of halogens is 3. The molecule has 3 aromatic rings. The fraction of sp³-hybridized carbons (Fsp3) is 0.0909. The number of ether oxygens (including phenoxy) is 1. The van der Waals surface area contributed by atoms with Crippen LogP contribution in [0, 0.1) is 6.92 Å². The van der Waals surface area contributed by atoms with Gasteiger partial charge in [-0.25, -0.2) is 10.2 Å². The minimum Gasteiger partial charge on any atom is -0.487 e. The van der Waals surface area contributed by atoms with E-state index < -0.39 is 6.03 Å². The molecule has 0 bridgehead atoms. The number of aryl methyl sites for hydroxylation is 1. The normalized spacial score (nSPS) is 10.8. The van der Waals surface area contributed by atoms with E-state index in [0.29, 0.717) is 17.4 Å². The van der Waals surface area contributed by atoms with Crippen molar-refractivity contribution in [2.75, 3.05) is 5.32 Å². The predicted molar refractivity (Wildman–Crippen MR) is 129 cm³/mol. The summed E-state index contributed by atoms with van der Waals surface area (Å²) < 4.78 is 7.43. The summed E-state index contributed by atoms with van der Waals surface area (Å²) in [5.74, 6) is 0.673. The van der Waals surface area contributed by atoms with Crippen LogP contribution in [0.1, 0.15) is 16.7 Å². The maximum absolute atomic E-state index is 12.0. The number of benzene rings is 3. The standard InChI is InChI=1S/C22H18Br2ClN3O2/c1-14-4-2-3-5-20(14)27-22(29)28-26-12-16-10-18(23)21(19(24)11-16)30-13-15-6-8-17(25)9-7-15/h2-12H,13H2,1H3,(H2,27,28,29). The van der Waals surface area contributed by atoms with Crippen LogP contribution in [0.2, 0.25) is 5.02 Å². The number of hydrogen-bond donors (Lipinski definition) is 2. The van der Waals surface area contributed by atoms with Crippen LogP contribution < -0.4 is 15.5 Å². The molecule has 0 atom stereocenters. The van der Waals surface area contributed by atoms with Crippen LogP contribution in [-0.4, -0.2) is 12.2 Å². The third-order valence-electron chi connectivity index (χ3n) is 4.09. The van der Waals surface area contributed by atoms with E-state index in [1.54, 1.807) is 6.21 Å². The molecule has 0 saturated carbocycles. The largest absolute Gasteiger partial charge is 0.487 e. The van der Waals surface area contributed by atoms with Gasteiger partial charge in [-0.15, -0.1) is 0 Å². The van der Waals surface area contributed by atoms with Crippen molar-refractivity contribution >= 4 is 61.4 Å². The Bertz CT molecular complexity index is 1050. The van der Waals surface area contributed by atoms with Crippen molar-refractivity contribution in [1.29, 1.82) is 0 Å². The number of carbonyl (C=O) groups is 1. The molecule has 8 heteroatoms. The van der Waals surface area contributed by atoms with Gasteiger partial charge in [0.2, 0.25) is 0 Å². The molecular formula is C22H18Br2ClN3O2. The third kappa shape index (κ3) is 6.32. The quantitative estimate of drug-likeness (QED) is 0.258. The second kappa shape index (κ2) is 10.6. The van der Waals surface area contributed by atoms with E-state index in [9.17, 15) is 4.79 Å². The molecule has 0 heterocycles. The summed E-state index contributed by atoms with van der Waals surface area (Å²) in [7, 11) is 0. The maximum Gasteiger partial charge on any atom is 0.339 e. The highest BCUT2D eigenvalue weighted by molar-refractivity contribution is 9.11. The molecule has 154 valence electrons. The fourth-order valence-electron chi connectivity index (χ4n) is 2.56. The van der Waals surface area contributed by atoms with E-state index in [2.05, 4.69) is 47.7 Å². The highest BCUT2D eigenvalue weighted by Gasteiger charge is 2.09. The Kier molecular flexibility index (Phi) is 7.90. The maximum atomic E-state index is 12.0. The Labute approximate surface area is 196 Å². The number of para-hydroxylation sites is 1. The molecule has 0 aliphatic heterocycles. The van der Waals surface area contributed by atoms with Gasteiger partial charge >= 0.3 is 6.03 Å². The molecule has 5 nitrogen and oxygen atoms in total. The number of hydrogen-bond acceptors (Lipinski definition) is 3. The summed E-state index contributed by atoms with van der Waals surface area (Å²) in [5, 5.41) is 7.44. The molecule has 0 spiro atoms. The number of carbonyl (C=O) groups excluding carboxylic acids is 1. The number of nitrogens with zero attached hydrogens (tertiary/aromatic N) is 1. The third-order valence-corrected chi connectivity index (χ3v) is 5.52. The first-order valence-electron chi connectivity index (χ1n) is 8.94. The van der Waals surface area contributed by atoms with Crippen molar-refractivity contribution in [2.24, 2.45) is 5.10 Å². The summed E-state index contributed by atoms with van der Waals surface area (Å²) in [6, 6.07) is 18.3. The summed E-state index contributed by atoms with van der Waals surface area (Å²) >= 11 is 12.9. The lowest BCUT2D eigenvalue weighted by Gasteiger charge is -2.11. The Morgan fingerprint density at radius 1 is 1.10 bits per heavy atom. The molecule has 3 aromatic carbocycles. The number of urea groups is 1. The molecule has 2 amide bonds. The van der Waals surface area contributed by atoms with E-state index in [0.717, 1.165) is 31.3 Å². The van der Waals surface area contributed by atoms with E-state index >= 15 is 0 Å². The Balaban J connectivity index is 1.59. The van der Waals surface area contributed by atoms with Crippen molar-refractivity contribution in [2.45, 2.75) is 13.5 Å². The Morgan fingerprint density at radius 3 is 2.43 bits per heavy atom. The summed E-state index contributed by atoms with van der Waals surface area (Å²) in [4.78, 5) is 12.0. The summed E-state index contributed by atoms with van der Waals surface area (Å²) in [6.07, 6.45) is 1.55. The van der Waals surface area contributed by atoms with Gasteiger partial charge in [-0.3, -0.25) is 0 Å². The molecule has 0 unspecified atom stereocenters. The molecule has 30 heavy (non-hydrogen) atoms. The van der Waals surface area contributed by atoms with E-state index in [4.69, 9.17) is 16.3 Å². The molecular weight excluding hydrogens is 534 g/mol. The molecule has 0 saturated heterocycles. The van der Waals surface area contributed by atoms with Crippen LogP contribution in [0.4, 0.5) is 10.5 Å². The first-order valence-corrected chi connectivity index (χ1v) is 10.9. The highest BCUT2D eigenvalue weighted by atomic mass is 79.9. The average molecular weight is 552 g/mol. The Morgan fingerprint density at radius 2 is 1.77 bits per heavy atom. The first kappa shape index (κ1) is 22.3. The molecule has 0 aliphatic rings. The van der Waals surface area contributed by atoms with Gasteiger partial charge in [-0.1, -0.05) is 41.9 Å². The summed E-state index contributed by atoms with van der Waals surface area (Å²) in [5.41, 5.74) is 5.95. The van der Waals surface area contributed by atoms with E-state index in [1.807, 2.05) is 67.6 Å². The molecule has 3 rings (SSSR count). The van der Waals surface area contributed by atoms with Crippen molar-refractivity contribution in [1.82, 2.24) is 5.43 Å². The number of hydrazone groups is 1. The minimum absolute atomic E-state index is 0.405. The van der Waals surface area contributed by atoms with Gasteiger partial charge in [-0.05, 0) is 85.8 Å². The lowest BCUT2D eigenvalue weighted by Crippen LogP contribution is -2.24. The molecule has 0 fully saturated rings. The molecule has 0 aliphatic carbocycles. The fourth-order valence-corrected chi connectivity index (χ4v) is 4.13. The SMILES string of the molecule is Cc1ccccc1NC(=O)NN=Cc1cc(Br)c(OCc2ccc(Cl)cc2)c(Br)c1. The van der Waals surface area contributed by atoms with E-state index in [-0.39, 0.29) is 0 Å². The number of anilines is 1. The Hall–Kier alpha value is -2.35. The van der Waals surface area contributed by atoms with Crippen LogP contribution in [0.15, 0.2) is 74.7 Å². The first-order chi connectivity index (χ1) is 14.4.